The van der Waals surface area contributed by atoms with Crippen LogP contribution >= 0.6 is 11.3 Å². The summed E-state index contributed by atoms with van der Waals surface area (Å²) in [6.07, 6.45) is 5.93. The monoisotopic (exact) mass is 326 g/mol. The van der Waals surface area contributed by atoms with E-state index in [1.807, 2.05) is 12.1 Å². The zero-order chi connectivity index (χ0) is 15.5. The van der Waals surface area contributed by atoms with Crippen molar-refractivity contribution in [1.82, 2.24) is 15.0 Å². The van der Waals surface area contributed by atoms with Crippen molar-refractivity contribution in [2.45, 2.75) is 25.5 Å². The van der Waals surface area contributed by atoms with Gasteiger partial charge in [-0.1, -0.05) is 6.07 Å². The van der Waals surface area contributed by atoms with Crippen molar-refractivity contribution in [3.63, 3.8) is 0 Å². The number of pyridine rings is 1. The highest BCUT2D eigenvalue weighted by atomic mass is 32.1. The molecule has 1 saturated heterocycles. The van der Waals surface area contributed by atoms with E-state index in [0.717, 1.165) is 43.9 Å². The second-order valence-electron chi connectivity index (χ2n) is 5.66. The van der Waals surface area contributed by atoms with E-state index < -0.39 is 0 Å². The van der Waals surface area contributed by atoms with Gasteiger partial charge in [-0.15, -0.1) is 11.3 Å². The van der Waals surface area contributed by atoms with E-state index in [2.05, 4.69) is 32.4 Å². The van der Waals surface area contributed by atoms with Crippen LogP contribution in [-0.2, 0) is 11.3 Å². The quantitative estimate of drug-likeness (QED) is 0.720. The molecule has 0 amide bonds. The summed E-state index contributed by atoms with van der Waals surface area (Å²) in [5, 5.41) is 2.11. The molecule has 4 heterocycles. The molecule has 0 bridgehead atoms. The molecule has 6 heteroatoms. The minimum absolute atomic E-state index is 0.286. The van der Waals surface area contributed by atoms with Gasteiger partial charge in [0.05, 0.1) is 12.6 Å². The lowest BCUT2D eigenvalue weighted by atomic mass is 10.2. The molecular weight excluding hydrogens is 308 g/mol. The first-order valence-electron chi connectivity index (χ1n) is 7.85. The molecule has 23 heavy (non-hydrogen) atoms. The molecule has 0 N–H and O–H groups in total. The first-order valence-corrected chi connectivity index (χ1v) is 8.73. The van der Waals surface area contributed by atoms with E-state index in [1.54, 1.807) is 23.7 Å². The number of ether oxygens (including phenoxy) is 1. The molecule has 118 valence electrons. The van der Waals surface area contributed by atoms with Crippen molar-refractivity contribution < 1.29 is 4.74 Å². The van der Waals surface area contributed by atoms with Gasteiger partial charge < -0.3 is 9.64 Å². The SMILES string of the molecule is c1csc(CN(CC2CCCO2)c2ccc3nccnc3n2)c1. The second-order valence-corrected chi connectivity index (χ2v) is 6.70. The van der Waals surface area contributed by atoms with Gasteiger partial charge in [0, 0.05) is 30.4 Å². The van der Waals surface area contributed by atoms with E-state index in [-0.39, 0.29) is 6.10 Å². The molecule has 1 aliphatic rings. The lowest BCUT2D eigenvalue weighted by Crippen LogP contribution is -2.32. The van der Waals surface area contributed by atoms with Crippen molar-refractivity contribution >= 4 is 28.3 Å². The Bertz CT molecular complexity index is 771. The smallest absolute Gasteiger partial charge is 0.180 e. The lowest BCUT2D eigenvalue weighted by molar-refractivity contribution is 0.115. The van der Waals surface area contributed by atoms with Gasteiger partial charge >= 0.3 is 0 Å². The van der Waals surface area contributed by atoms with Gasteiger partial charge in [-0.05, 0) is 36.4 Å². The van der Waals surface area contributed by atoms with E-state index in [4.69, 9.17) is 9.72 Å². The average molecular weight is 326 g/mol. The third-order valence-corrected chi connectivity index (χ3v) is 4.88. The fraction of sp³-hybridized carbons (Fsp3) is 0.353. The van der Waals surface area contributed by atoms with E-state index in [0.29, 0.717) is 5.65 Å². The summed E-state index contributed by atoms with van der Waals surface area (Å²) < 4.78 is 5.82. The fourth-order valence-corrected chi connectivity index (χ4v) is 3.60. The summed E-state index contributed by atoms with van der Waals surface area (Å²) in [5.74, 6) is 0.932. The van der Waals surface area contributed by atoms with Gasteiger partial charge in [-0.2, -0.15) is 0 Å². The first-order chi connectivity index (χ1) is 11.4. The molecule has 1 aliphatic heterocycles. The minimum atomic E-state index is 0.286. The molecule has 1 unspecified atom stereocenters. The summed E-state index contributed by atoms with van der Waals surface area (Å²) in [6.45, 7) is 2.57. The summed E-state index contributed by atoms with van der Waals surface area (Å²) in [7, 11) is 0. The topological polar surface area (TPSA) is 51.1 Å². The van der Waals surface area contributed by atoms with Crippen LogP contribution in [-0.4, -0.2) is 34.2 Å². The van der Waals surface area contributed by atoms with Crippen LogP contribution in [0.15, 0.2) is 42.0 Å². The molecular formula is C17H18N4OS. The number of hydrogen-bond acceptors (Lipinski definition) is 6. The number of thiophene rings is 1. The molecule has 0 aromatic carbocycles. The Labute approximate surface area is 139 Å². The molecule has 1 atom stereocenters. The fourth-order valence-electron chi connectivity index (χ4n) is 2.88. The number of aromatic nitrogens is 3. The summed E-state index contributed by atoms with van der Waals surface area (Å²) in [4.78, 5) is 16.9. The number of hydrogen-bond donors (Lipinski definition) is 0. The summed E-state index contributed by atoms with van der Waals surface area (Å²) in [5.41, 5.74) is 1.51. The van der Waals surface area contributed by atoms with Crippen molar-refractivity contribution in [2.75, 3.05) is 18.1 Å². The Kier molecular flexibility index (Phi) is 4.17. The van der Waals surface area contributed by atoms with Gasteiger partial charge in [0.2, 0.25) is 0 Å². The van der Waals surface area contributed by atoms with Crippen LogP contribution in [0.1, 0.15) is 17.7 Å². The van der Waals surface area contributed by atoms with E-state index in [1.165, 1.54) is 4.88 Å². The predicted molar refractivity (Wildman–Crippen MR) is 91.7 cm³/mol. The van der Waals surface area contributed by atoms with Crippen LogP contribution < -0.4 is 4.90 Å². The molecule has 5 nitrogen and oxygen atoms in total. The van der Waals surface area contributed by atoms with Crippen LogP contribution in [0.4, 0.5) is 5.82 Å². The van der Waals surface area contributed by atoms with Crippen molar-refractivity contribution in [1.29, 1.82) is 0 Å². The second kappa shape index (κ2) is 6.60. The maximum absolute atomic E-state index is 5.82. The Morgan fingerprint density at radius 2 is 2.17 bits per heavy atom. The van der Waals surface area contributed by atoms with Crippen molar-refractivity contribution in [3.8, 4) is 0 Å². The molecule has 1 fully saturated rings. The van der Waals surface area contributed by atoms with Crippen LogP contribution in [0, 0.1) is 0 Å². The molecule has 3 aromatic rings. The molecule has 3 aromatic heterocycles. The molecule has 4 rings (SSSR count). The third-order valence-electron chi connectivity index (χ3n) is 4.02. The predicted octanol–water partition coefficient (Wildman–Crippen LogP) is 3.27. The zero-order valence-electron chi connectivity index (χ0n) is 12.8. The summed E-state index contributed by atoms with van der Waals surface area (Å²) in [6, 6.07) is 8.26. The lowest BCUT2D eigenvalue weighted by Gasteiger charge is -2.26. The van der Waals surface area contributed by atoms with Crippen LogP contribution in [0.25, 0.3) is 11.2 Å². The molecule has 0 radical (unpaired) electrons. The van der Waals surface area contributed by atoms with E-state index in [9.17, 15) is 0 Å². The Balaban J connectivity index is 1.63. The van der Waals surface area contributed by atoms with Gasteiger partial charge in [-0.25, -0.2) is 9.97 Å². The van der Waals surface area contributed by atoms with Gasteiger partial charge in [0.15, 0.2) is 5.65 Å². The Morgan fingerprint density at radius 3 is 3.00 bits per heavy atom. The van der Waals surface area contributed by atoms with Crippen molar-refractivity contribution in [2.24, 2.45) is 0 Å². The normalized spacial score (nSPS) is 17.7. The number of nitrogens with zero attached hydrogens (tertiary/aromatic N) is 4. The number of fused-ring (bicyclic) bond motifs is 1. The molecule has 0 spiro atoms. The molecule has 0 aliphatic carbocycles. The summed E-state index contributed by atoms with van der Waals surface area (Å²) >= 11 is 1.77. The number of anilines is 1. The van der Waals surface area contributed by atoms with Gasteiger partial charge in [0.1, 0.15) is 11.3 Å². The standard InChI is InChI=1S/C17H18N4OS/c1-3-13(22-9-1)11-21(12-14-4-2-10-23-14)16-6-5-15-17(20-16)19-8-7-18-15/h2,4-8,10,13H,1,3,9,11-12H2. The van der Waals surface area contributed by atoms with Crippen LogP contribution in [0.3, 0.4) is 0 Å². The van der Waals surface area contributed by atoms with Crippen LogP contribution in [0.5, 0.6) is 0 Å². The highest BCUT2D eigenvalue weighted by Crippen LogP contribution is 2.22. The maximum atomic E-state index is 5.82. The minimum Gasteiger partial charge on any atom is -0.376 e. The Morgan fingerprint density at radius 1 is 1.22 bits per heavy atom. The first kappa shape index (κ1) is 14.5. The van der Waals surface area contributed by atoms with Gasteiger partial charge in [-0.3, -0.25) is 4.98 Å². The Hall–Kier alpha value is -2.05. The van der Waals surface area contributed by atoms with E-state index >= 15 is 0 Å². The molecule has 0 saturated carbocycles. The van der Waals surface area contributed by atoms with Crippen molar-refractivity contribution in [3.05, 3.63) is 46.9 Å². The van der Waals surface area contributed by atoms with Gasteiger partial charge in [0.25, 0.3) is 0 Å². The highest BCUT2D eigenvalue weighted by molar-refractivity contribution is 7.09. The average Bonchev–Trinajstić information content (AvgIpc) is 3.28. The zero-order valence-corrected chi connectivity index (χ0v) is 13.6. The largest absolute Gasteiger partial charge is 0.376 e. The third kappa shape index (κ3) is 3.33. The maximum Gasteiger partial charge on any atom is 0.180 e. The highest BCUT2D eigenvalue weighted by Gasteiger charge is 2.21. The van der Waals surface area contributed by atoms with Crippen LogP contribution in [0.2, 0.25) is 0 Å². The number of rotatable bonds is 5.